The number of nitrogens with two attached hydrogens (primary N) is 1. The summed E-state index contributed by atoms with van der Waals surface area (Å²) in [6.45, 7) is 0. The van der Waals surface area contributed by atoms with E-state index in [1.807, 2.05) is 18.2 Å². The molecule has 4 rings (SSSR count). The van der Waals surface area contributed by atoms with E-state index in [1.165, 1.54) is 0 Å². The molecule has 1 aliphatic rings. The monoisotopic (exact) mass is 299 g/mol. The summed E-state index contributed by atoms with van der Waals surface area (Å²) in [5.41, 5.74) is 8.71. The number of nitrogen functional groups attached to an aromatic ring is 1. The maximum Gasteiger partial charge on any atom is 0.145 e. The zero-order valence-electron chi connectivity index (χ0n) is 11.3. The highest BCUT2D eigenvalue weighted by Gasteiger charge is 2.30. The lowest BCUT2D eigenvalue weighted by molar-refractivity contribution is 0.477. The Hall–Kier alpha value is -2.20. The van der Waals surface area contributed by atoms with Gasteiger partial charge in [0.2, 0.25) is 0 Å². The van der Waals surface area contributed by atoms with E-state index in [-0.39, 0.29) is 5.75 Å². The summed E-state index contributed by atoms with van der Waals surface area (Å²) in [5.74, 6) is 0.890. The molecule has 0 unspecified atom stereocenters. The maximum atomic E-state index is 10.2. The zero-order chi connectivity index (χ0) is 14.6. The second kappa shape index (κ2) is 4.40. The van der Waals surface area contributed by atoms with Crippen molar-refractivity contribution >= 4 is 28.3 Å². The van der Waals surface area contributed by atoms with E-state index >= 15 is 0 Å². The molecule has 2 aromatic carbocycles. The van der Waals surface area contributed by atoms with Crippen LogP contribution in [0.15, 0.2) is 36.4 Å². The lowest BCUT2D eigenvalue weighted by atomic mass is 10.1. The van der Waals surface area contributed by atoms with Gasteiger partial charge in [0.25, 0.3) is 0 Å². The van der Waals surface area contributed by atoms with Crippen molar-refractivity contribution in [2.24, 2.45) is 0 Å². The molecule has 0 amide bonds. The number of para-hydroxylation sites is 1. The van der Waals surface area contributed by atoms with Crippen LogP contribution in [0.4, 0.5) is 5.69 Å². The van der Waals surface area contributed by atoms with Crippen molar-refractivity contribution in [1.29, 1.82) is 0 Å². The highest BCUT2D eigenvalue weighted by molar-refractivity contribution is 6.35. The van der Waals surface area contributed by atoms with E-state index in [9.17, 15) is 5.11 Å². The first kappa shape index (κ1) is 12.5. The quantitative estimate of drug-likeness (QED) is 0.704. The van der Waals surface area contributed by atoms with Gasteiger partial charge in [-0.2, -0.15) is 0 Å². The van der Waals surface area contributed by atoms with Crippen LogP contribution in [-0.4, -0.2) is 14.7 Å². The minimum Gasteiger partial charge on any atom is -0.507 e. The second-order valence-corrected chi connectivity index (χ2v) is 5.83. The SMILES string of the molecule is Nc1ccc(-c2nc3cccc(Cl)c3n2C2CC2)c(O)c1. The average Bonchev–Trinajstić information content (AvgIpc) is 3.20. The summed E-state index contributed by atoms with van der Waals surface area (Å²) in [6.07, 6.45) is 2.22. The Balaban J connectivity index is 2.04. The standard InChI is InChI=1S/C16H14ClN3O/c17-12-2-1-3-13-15(12)20(10-5-6-10)16(19-13)11-7-4-9(18)8-14(11)21/h1-4,7-8,10,21H,5-6,18H2. The van der Waals surface area contributed by atoms with Gasteiger partial charge in [-0.25, -0.2) is 4.98 Å². The summed E-state index contributed by atoms with van der Waals surface area (Å²) in [5, 5.41) is 10.9. The molecular weight excluding hydrogens is 286 g/mol. The van der Waals surface area contributed by atoms with Crippen LogP contribution in [0.25, 0.3) is 22.4 Å². The van der Waals surface area contributed by atoms with Gasteiger partial charge in [-0.05, 0) is 37.1 Å². The molecule has 3 N–H and O–H groups in total. The minimum atomic E-state index is 0.142. The molecule has 1 aromatic heterocycles. The van der Waals surface area contributed by atoms with Gasteiger partial charge in [-0.1, -0.05) is 17.7 Å². The van der Waals surface area contributed by atoms with E-state index in [2.05, 4.69) is 9.55 Å². The molecule has 1 heterocycles. The zero-order valence-corrected chi connectivity index (χ0v) is 12.0. The average molecular weight is 300 g/mol. The molecule has 0 aliphatic heterocycles. The third-order valence-corrected chi connectivity index (χ3v) is 4.14. The van der Waals surface area contributed by atoms with Gasteiger partial charge in [0.1, 0.15) is 11.6 Å². The predicted octanol–water partition coefficient (Wildman–Crippen LogP) is 3.98. The van der Waals surface area contributed by atoms with Crippen LogP contribution in [0.5, 0.6) is 5.75 Å². The van der Waals surface area contributed by atoms with Crippen molar-refractivity contribution in [3.63, 3.8) is 0 Å². The molecule has 0 spiro atoms. The number of rotatable bonds is 2. The van der Waals surface area contributed by atoms with Crippen molar-refractivity contribution in [3.05, 3.63) is 41.4 Å². The molecule has 0 saturated heterocycles. The number of phenols is 1. The van der Waals surface area contributed by atoms with Crippen molar-refractivity contribution in [1.82, 2.24) is 9.55 Å². The third-order valence-electron chi connectivity index (χ3n) is 3.84. The van der Waals surface area contributed by atoms with E-state index in [0.717, 1.165) is 29.7 Å². The lowest BCUT2D eigenvalue weighted by Crippen LogP contribution is -1.98. The Bertz CT molecular complexity index is 852. The fourth-order valence-electron chi connectivity index (χ4n) is 2.72. The van der Waals surface area contributed by atoms with Crippen LogP contribution in [-0.2, 0) is 0 Å². The summed E-state index contributed by atoms with van der Waals surface area (Å²) in [7, 11) is 0. The number of benzene rings is 2. The van der Waals surface area contributed by atoms with Crippen molar-refractivity contribution in [2.75, 3.05) is 5.73 Å². The molecule has 1 fully saturated rings. The molecule has 1 saturated carbocycles. The Morgan fingerprint density at radius 2 is 2.05 bits per heavy atom. The summed E-state index contributed by atoms with van der Waals surface area (Å²) < 4.78 is 2.14. The number of hydrogen-bond donors (Lipinski definition) is 2. The second-order valence-electron chi connectivity index (χ2n) is 5.42. The van der Waals surface area contributed by atoms with Gasteiger partial charge in [0, 0.05) is 17.8 Å². The smallest absolute Gasteiger partial charge is 0.145 e. The van der Waals surface area contributed by atoms with Crippen LogP contribution in [0.1, 0.15) is 18.9 Å². The molecule has 21 heavy (non-hydrogen) atoms. The fourth-order valence-corrected chi connectivity index (χ4v) is 2.98. The molecule has 5 heteroatoms. The molecule has 106 valence electrons. The van der Waals surface area contributed by atoms with Gasteiger partial charge in [-0.3, -0.25) is 0 Å². The minimum absolute atomic E-state index is 0.142. The number of aromatic nitrogens is 2. The number of hydrogen-bond acceptors (Lipinski definition) is 3. The van der Waals surface area contributed by atoms with Gasteiger partial charge >= 0.3 is 0 Å². The number of aromatic hydroxyl groups is 1. The normalized spacial score (nSPS) is 14.7. The Morgan fingerprint density at radius 3 is 2.76 bits per heavy atom. The van der Waals surface area contributed by atoms with Crippen LogP contribution in [0, 0.1) is 0 Å². The molecule has 0 radical (unpaired) electrons. The van der Waals surface area contributed by atoms with Crippen molar-refractivity contribution < 1.29 is 5.11 Å². The van der Waals surface area contributed by atoms with E-state index < -0.39 is 0 Å². The largest absolute Gasteiger partial charge is 0.507 e. The van der Waals surface area contributed by atoms with Crippen molar-refractivity contribution in [2.45, 2.75) is 18.9 Å². The van der Waals surface area contributed by atoms with E-state index in [4.69, 9.17) is 17.3 Å². The van der Waals surface area contributed by atoms with E-state index in [1.54, 1.807) is 18.2 Å². The molecule has 3 aromatic rings. The Labute approximate surface area is 126 Å². The fraction of sp³-hybridized carbons (Fsp3) is 0.188. The number of anilines is 1. The molecule has 1 aliphatic carbocycles. The Kier molecular flexibility index (Phi) is 2.62. The number of phenolic OH excluding ortho intramolecular Hbond substituents is 1. The van der Waals surface area contributed by atoms with Crippen LogP contribution in [0.3, 0.4) is 0 Å². The highest BCUT2D eigenvalue weighted by atomic mass is 35.5. The summed E-state index contributed by atoms with van der Waals surface area (Å²) >= 11 is 6.36. The van der Waals surface area contributed by atoms with Crippen molar-refractivity contribution in [3.8, 4) is 17.1 Å². The molecule has 0 atom stereocenters. The number of fused-ring (bicyclic) bond motifs is 1. The number of imidazole rings is 1. The number of halogens is 1. The van der Waals surface area contributed by atoms with Gasteiger partial charge < -0.3 is 15.4 Å². The Morgan fingerprint density at radius 1 is 1.24 bits per heavy atom. The van der Waals surface area contributed by atoms with Gasteiger partial charge in [0.15, 0.2) is 0 Å². The molecule has 4 nitrogen and oxygen atoms in total. The maximum absolute atomic E-state index is 10.2. The van der Waals surface area contributed by atoms with Crippen LogP contribution >= 0.6 is 11.6 Å². The first-order valence-electron chi connectivity index (χ1n) is 6.90. The van der Waals surface area contributed by atoms with Crippen LogP contribution in [0.2, 0.25) is 5.02 Å². The number of nitrogens with zero attached hydrogens (tertiary/aromatic N) is 2. The molecule has 0 bridgehead atoms. The first-order chi connectivity index (χ1) is 10.1. The van der Waals surface area contributed by atoms with E-state index in [0.29, 0.717) is 22.3 Å². The van der Waals surface area contributed by atoms with Crippen LogP contribution < -0.4 is 5.73 Å². The van der Waals surface area contributed by atoms with Gasteiger partial charge in [0.05, 0.1) is 21.6 Å². The summed E-state index contributed by atoms with van der Waals surface area (Å²) in [6, 6.07) is 11.2. The highest BCUT2D eigenvalue weighted by Crippen LogP contribution is 2.44. The summed E-state index contributed by atoms with van der Waals surface area (Å²) in [4.78, 5) is 4.67. The first-order valence-corrected chi connectivity index (χ1v) is 7.28. The lowest BCUT2D eigenvalue weighted by Gasteiger charge is -2.10. The third kappa shape index (κ3) is 1.94. The predicted molar refractivity (Wildman–Crippen MR) is 84.5 cm³/mol. The topological polar surface area (TPSA) is 64.1 Å². The molecular formula is C16H14ClN3O. The van der Waals surface area contributed by atoms with Gasteiger partial charge in [-0.15, -0.1) is 0 Å².